The Hall–Kier alpha value is -1.54. The third-order valence-corrected chi connectivity index (χ3v) is 4.84. The van der Waals surface area contributed by atoms with Crippen LogP contribution in [0.1, 0.15) is 39.7 Å². The van der Waals surface area contributed by atoms with Crippen LogP contribution in [-0.4, -0.2) is 28.2 Å². The SMILES string of the molecule is CN=C(NCc1cnc(C)s1)NCc1nnc(C(C)C)s1. The molecule has 0 spiro atoms. The summed E-state index contributed by atoms with van der Waals surface area (Å²) in [6, 6.07) is 0. The number of nitrogens with zero attached hydrogens (tertiary/aromatic N) is 4. The maximum Gasteiger partial charge on any atom is 0.191 e. The molecule has 0 atom stereocenters. The third kappa shape index (κ3) is 4.75. The smallest absolute Gasteiger partial charge is 0.191 e. The largest absolute Gasteiger partial charge is 0.351 e. The van der Waals surface area contributed by atoms with Gasteiger partial charge in [-0.05, 0) is 6.92 Å². The van der Waals surface area contributed by atoms with Crippen molar-refractivity contribution in [2.24, 2.45) is 4.99 Å². The van der Waals surface area contributed by atoms with E-state index in [4.69, 9.17) is 0 Å². The van der Waals surface area contributed by atoms with E-state index in [2.05, 4.69) is 44.7 Å². The van der Waals surface area contributed by atoms with E-state index >= 15 is 0 Å². The average molecular weight is 324 g/mol. The molecule has 0 radical (unpaired) electrons. The van der Waals surface area contributed by atoms with Crippen molar-refractivity contribution in [2.75, 3.05) is 7.05 Å². The zero-order valence-corrected chi connectivity index (χ0v) is 14.3. The summed E-state index contributed by atoms with van der Waals surface area (Å²) in [6.07, 6.45) is 1.89. The van der Waals surface area contributed by atoms with Crippen LogP contribution in [0.5, 0.6) is 0 Å². The molecule has 0 fully saturated rings. The predicted octanol–water partition coefficient (Wildman–Crippen LogP) is 2.29. The number of aryl methyl sites for hydroxylation is 1. The first kappa shape index (κ1) is 15.8. The number of guanidine groups is 1. The van der Waals surface area contributed by atoms with Crippen LogP contribution in [0.4, 0.5) is 0 Å². The molecule has 0 bridgehead atoms. The lowest BCUT2D eigenvalue weighted by molar-refractivity contribution is 0.786. The van der Waals surface area contributed by atoms with Crippen molar-refractivity contribution in [3.05, 3.63) is 26.1 Å². The van der Waals surface area contributed by atoms with Gasteiger partial charge in [-0.1, -0.05) is 25.2 Å². The van der Waals surface area contributed by atoms with Crippen molar-refractivity contribution in [3.8, 4) is 0 Å². The zero-order valence-electron chi connectivity index (χ0n) is 12.7. The predicted molar refractivity (Wildman–Crippen MR) is 87.9 cm³/mol. The number of aromatic nitrogens is 3. The maximum atomic E-state index is 4.23. The fraction of sp³-hybridized carbons (Fsp3) is 0.538. The van der Waals surface area contributed by atoms with Crippen molar-refractivity contribution in [1.82, 2.24) is 25.8 Å². The van der Waals surface area contributed by atoms with Gasteiger partial charge < -0.3 is 10.6 Å². The van der Waals surface area contributed by atoms with Gasteiger partial charge in [-0.2, -0.15) is 0 Å². The van der Waals surface area contributed by atoms with E-state index in [1.165, 1.54) is 4.88 Å². The van der Waals surface area contributed by atoms with E-state index in [-0.39, 0.29) is 0 Å². The van der Waals surface area contributed by atoms with Gasteiger partial charge in [0.15, 0.2) is 5.96 Å². The molecule has 2 aromatic heterocycles. The molecule has 0 saturated carbocycles. The van der Waals surface area contributed by atoms with Crippen molar-refractivity contribution in [1.29, 1.82) is 0 Å². The summed E-state index contributed by atoms with van der Waals surface area (Å²) in [5.41, 5.74) is 0. The van der Waals surface area contributed by atoms with Gasteiger partial charge in [-0.3, -0.25) is 4.99 Å². The van der Waals surface area contributed by atoms with E-state index in [9.17, 15) is 0 Å². The molecule has 0 aliphatic heterocycles. The van der Waals surface area contributed by atoms with Crippen molar-refractivity contribution in [3.63, 3.8) is 0 Å². The van der Waals surface area contributed by atoms with E-state index in [0.717, 1.165) is 27.5 Å². The molecule has 0 unspecified atom stereocenters. The summed E-state index contributed by atoms with van der Waals surface area (Å²) >= 11 is 3.32. The maximum absolute atomic E-state index is 4.23. The van der Waals surface area contributed by atoms with Crippen LogP contribution in [0.25, 0.3) is 0 Å². The van der Waals surface area contributed by atoms with Gasteiger partial charge in [0.1, 0.15) is 10.0 Å². The van der Waals surface area contributed by atoms with E-state index < -0.39 is 0 Å². The molecule has 0 aliphatic carbocycles. The normalized spacial score (nSPS) is 12.0. The topological polar surface area (TPSA) is 75.1 Å². The summed E-state index contributed by atoms with van der Waals surface area (Å²) in [4.78, 5) is 9.63. The number of aliphatic imine (C=N–C) groups is 1. The number of hydrogen-bond acceptors (Lipinski definition) is 6. The molecule has 0 saturated heterocycles. The Bertz CT molecular complexity index is 601. The zero-order chi connectivity index (χ0) is 15.2. The highest BCUT2D eigenvalue weighted by Crippen LogP contribution is 2.18. The second-order valence-corrected chi connectivity index (χ2v) is 7.23. The minimum Gasteiger partial charge on any atom is -0.351 e. The minimum atomic E-state index is 0.420. The Morgan fingerprint density at radius 3 is 2.57 bits per heavy atom. The minimum absolute atomic E-state index is 0.420. The molecule has 2 aromatic rings. The number of thiazole rings is 1. The first-order chi connectivity index (χ1) is 10.1. The van der Waals surface area contributed by atoms with Crippen LogP contribution in [0.2, 0.25) is 0 Å². The molecular weight excluding hydrogens is 304 g/mol. The van der Waals surface area contributed by atoms with Crippen LogP contribution in [0, 0.1) is 6.92 Å². The quantitative estimate of drug-likeness (QED) is 0.652. The van der Waals surface area contributed by atoms with Gasteiger partial charge in [0.2, 0.25) is 0 Å². The van der Waals surface area contributed by atoms with E-state index in [0.29, 0.717) is 12.5 Å². The van der Waals surface area contributed by atoms with Crippen LogP contribution >= 0.6 is 22.7 Å². The van der Waals surface area contributed by atoms with Crippen LogP contribution in [-0.2, 0) is 13.1 Å². The van der Waals surface area contributed by atoms with Gasteiger partial charge >= 0.3 is 0 Å². The Kier molecular flexibility index (Phi) is 5.63. The van der Waals surface area contributed by atoms with Gasteiger partial charge in [0.25, 0.3) is 0 Å². The molecule has 8 heteroatoms. The lowest BCUT2D eigenvalue weighted by atomic mass is 10.2. The summed E-state index contributed by atoms with van der Waals surface area (Å²) < 4.78 is 0. The molecule has 21 heavy (non-hydrogen) atoms. The highest BCUT2D eigenvalue weighted by molar-refractivity contribution is 7.11. The molecule has 6 nitrogen and oxygen atoms in total. The first-order valence-electron chi connectivity index (χ1n) is 6.76. The van der Waals surface area contributed by atoms with Crippen molar-refractivity contribution in [2.45, 2.75) is 39.8 Å². The molecule has 0 aliphatic rings. The Balaban J connectivity index is 1.82. The van der Waals surface area contributed by atoms with Crippen LogP contribution in [0.3, 0.4) is 0 Å². The Labute approximate surface area is 132 Å². The third-order valence-electron chi connectivity index (χ3n) is 2.71. The first-order valence-corrected chi connectivity index (χ1v) is 8.40. The average Bonchev–Trinajstić information content (AvgIpc) is 3.08. The Morgan fingerprint density at radius 2 is 2.00 bits per heavy atom. The summed E-state index contributed by atoms with van der Waals surface area (Å²) in [5, 5.41) is 18.0. The fourth-order valence-corrected chi connectivity index (χ4v) is 3.13. The van der Waals surface area contributed by atoms with E-state index in [1.807, 2.05) is 13.1 Å². The second-order valence-electron chi connectivity index (χ2n) is 4.81. The number of rotatable bonds is 5. The lowest BCUT2D eigenvalue weighted by Crippen LogP contribution is -2.36. The number of nitrogens with one attached hydrogen (secondary N) is 2. The molecule has 0 amide bonds. The summed E-state index contributed by atoms with van der Waals surface area (Å²) in [7, 11) is 1.76. The van der Waals surface area contributed by atoms with Crippen LogP contribution in [0.15, 0.2) is 11.2 Å². The van der Waals surface area contributed by atoms with Gasteiger partial charge in [-0.25, -0.2) is 4.98 Å². The van der Waals surface area contributed by atoms with E-state index in [1.54, 1.807) is 29.7 Å². The number of hydrogen-bond donors (Lipinski definition) is 2. The highest BCUT2D eigenvalue weighted by atomic mass is 32.1. The molecular formula is C13H20N6S2. The van der Waals surface area contributed by atoms with Crippen LogP contribution < -0.4 is 10.6 Å². The van der Waals surface area contributed by atoms with Crippen molar-refractivity contribution >= 4 is 28.6 Å². The lowest BCUT2D eigenvalue weighted by Gasteiger charge is -2.09. The summed E-state index contributed by atoms with van der Waals surface area (Å²) in [6.45, 7) is 7.60. The molecule has 2 heterocycles. The van der Waals surface area contributed by atoms with Gasteiger partial charge in [0.05, 0.1) is 18.1 Å². The standard InChI is InChI=1S/C13H20N6S2/c1-8(2)12-19-18-11(21-12)7-17-13(14-4)16-6-10-5-15-9(3)20-10/h5,8H,6-7H2,1-4H3,(H2,14,16,17). The molecule has 114 valence electrons. The summed E-state index contributed by atoms with van der Waals surface area (Å²) in [5.74, 6) is 1.17. The fourth-order valence-electron chi connectivity index (χ4n) is 1.61. The Morgan fingerprint density at radius 1 is 1.24 bits per heavy atom. The molecule has 2 N–H and O–H groups in total. The van der Waals surface area contributed by atoms with Crippen molar-refractivity contribution < 1.29 is 0 Å². The van der Waals surface area contributed by atoms with Gasteiger partial charge in [0, 0.05) is 24.0 Å². The molecule has 0 aromatic carbocycles. The second kappa shape index (κ2) is 7.46. The monoisotopic (exact) mass is 324 g/mol. The highest BCUT2D eigenvalue weighted by Gasteiger charge is 2.08. The molecule has 2 rings (SSSR count). The van der Waals surface area contributed by atoms with Gasteiger partial charge in [-0.15, -0.1) is 21.5 Å².